The van der Waals surface area contributed by atoms with Crippen LogP contribution in [0.3, 0.4) is 0 Å². The molecule has 3 N–H and O–H groups in total. The van der Waals surface area contributed by atoms with E-state index in [4.69, 9.17) is 5.73 Å². The minimum atomic E-state index is -0.491. The molecule has 1 aromatic heterocycles. The summed E-state index contributed by atoms with van der Waals surface area (Å²) in [7, 11) is 1.81. The zero-order valence-electron chi connectivity index (χ0n) is 7.87. The van der Waals surface area contributed by atoms with Crippen LogP contribution in [0.1, 0.15) is 15.9 Å². The van der Waals surface area contributed by atoms with E-state index in [1.807, 2.05) is 7.05 Å². The van der Waals surface area contributed by atoms with Crippen LogP contribution < -0.4 is 11.1 Å². The number of carbonyl (C=O) groups excluding carboxylic acids is 1. The minimum absolute atomic E-state index is 0.376. The number of nitrogens with zero attached hydrogens (tertiary/aromatic N) is 1. The smallest absolute Gasteiger partial charge is 0.250 e. The number of nitrogens with one attached hydrogen (secondary N) is 1. The van der Waals surface area contributed by atoms with Gasteiger partial charge in [-0.05, 0) is 13.1 Å². The number of primary amides is 1. The van der Waals surface area contributed by atoms with E-state index >= 15 is 0 Å². The first-order valence-corrected chi connectivity index (χ1v) is 4.12. The first kappa shape index (κ1) is 10.2. The van der Waals surface area contributed by atoms with E-state index in [2.05, 4.69) is 22.1 Å². The Hall–Kier alpha value is -1.86. The maximum absolute atomic E-state index is 10.8. The summed E-state index contributed by atoms with van der Waals surface area (Å²) in [6, 6.07) is 1.62. The first-order chi connectivity index (χ1) is 6.74. The van der Waals surface area contributed by atoms with Gasteiger partial charge < -0.3 is 11.1 Å². The number of amides is 1. The predicted molar refractivity (Wildman–Crippen MR) is 53.6 cm³/mol. The van der Waals surface area contributed by atoms with Crippen molar-refractivity contribution in [2.24, 2.45) is 5.73 Å². The van der Waals surface area contributed by atoms with E-state index in [0.29, 0.717) is 17.7 Å². The van der Waals surface area contributed by atoms with Crippen LogP contribution in [0.5, 0.6) is 0 Å². The van der Waals surface area contributed by atoms with Crippen LogP contribution in [0.25, 0.3) is 0 Å². The van der Waals surface area contributed by atoms with Crippen LogP contribution in [0.4, 0.5) is 0 Å². The summed E-state index contributed by atoms with van der Waals surface area (Å²) in [5, 5.41) is 2.89. The number of aromatic nitrogens is 1. The summed E-state index contributed by atoms with van der Waals surface area (Å²) in [6.45, 7) is 0.598. The van der Waals surface area contributed by atoms with E-state index in [-0.39, 0.29) is 0 Å². The van der Waals surface area contributed by atoms with Crippen LogP contribution in [0.15, 0.2) is 18.5 Å². The van der Waals surface area contributed by atoms with Gasteiger partial charge in [0.05, 0.1) is 12.1 Å². The monoisotopic (exact) mass is 189 g/mol. The highest BCUT2D eigenvalue weighted by atomic mass is 16.1. The van der Waals surface area contributed by atoms with Crippen molar-refractivity contribution in [1.82, 2.24) is 10.3 Å². The second-order valence-electron chi connectivity index (χ2n) is 2.66. The summed E-state index contributed by atoms with van der Waals surface area (Å²) in [6.07, 6.45) is 3.01. The van der Waals surface area contributed by atoms with Crippen molar-refractivity contribution in [3.8, 4) is 11.8 Å². The molecule has 1 heterocycles. The largest absolute Gasteiger partial charge is 0.366 e. The van der Waals surface area contributed by atoms with Gasteiger partial charge in [-0.25, -0.2) is 0 Å². The summed E-state index contributed by atoms with van der Waals surface area (Å²) in [5.41, 5.74) is 6.17. The van der Waals surface area contributed by atoms with Gasteiger partial charge in [-0.1, -0.05) is 11.8 Å². The third kappa shape index (κ3) is 2.88. The van der Waals surface area contributed by atoms with Crippen molar-refractivity contribution < 1.29 is 4.79 Å². The van der Waals surface area contributed by atoms with Crippen molar-refractivity contribution >= 4 is 5.91 Å². The molecule has 0 radical (unpaired) electrons. The lowest BCUT2D eigenvalue weighted by atomic mass is 10.2. The molecule has 0 bridgehead atoms. The fraction of sp³-hybridized carbons (Fsp3) is 0.200. The second-order valence-corrected chi connectivity index (χ2v) is 2.66. The molecule has 0 fully saturated rings. The van der Waals surface area contributed by atoms with Crippen LogP contribution in [-0.2, 0) is 0 Å². The molecule has 0 aliphatic heterocycles. The molecule has 4 heteroatoms. The molecular weight excluding hydrogens is 178 g/mol. The maximum atomic E-state index is 10.8. The van der Waals surface area contributed by atoms with E-state index in [1.54, 1.807) is 12.3 Å². The van der Waals surface area contributed by atoms with E-state index < -0.39 is 5.91 Å². The Morgan fingerprint density at radius 3 is 3.07 bits per heavy atom. The van der Waals surface area contributed by atoms with Gasteiger partial charge in [0, 0.05) is 18.0 Å². The SMILES string of the molecule is CNCC#Cc1cncc(C(N)=O)c1. The van der Waals surface area contributed by atoms with E-state index in [1.165, 1.54) is 6.20 Å². The highest BCUT2D eigenvalue weighted by Crippen LogP contribution is 1.99. The average molecular weight is 189 g/mol. The molecule has 0 unspecified atom stereocenters. The van der Waals surface area contributed by atoms with Crippen molar-refractivity contribution in [1.29, 1.82) is 0 Å². The molecule has 1 amide bonds. The highest BCUT2D eigenvalue weighted by molar-refractivity contribution is 5.92. The molecule has 0 atom stereocenters. The van der Waals surface area contributed by atoms with Gasteiger partial charge in [-0.2, -0.15) is 0 Å². The number of hydrogen-bond donors (Lipinski definition) is 2. The third-order valence-corrected chi connectivity index (χ3v) is 1.52. The molecular formula is C10H11N3O. The summed E-state index contributed by atoms with van der Waals surface area (Å²) in [4.78, 5) is 14.7. The fourth-order valence-electron chi connectivity index (χ4n) is 0.878. The standard InChI is InChI=1S/C10H11N3O/c1-12-4-2-3-8-5-9(10(11)14)7-13-6-8/h5-7,12H,4H2,1H3,(H2,11,14). The number of rotatable bonds is 2. The Bertz CT molecular complexity index is 390. The van der Waals surface area contributed by atoms with Gasteiger partial charge in [0.2, 0.25) is 5.91 Å². The van der Waals surface area contributed by atoms with E-state index in [0.717, 1.165) is 0 Å². The zero-order valence-corrected chi connectivity index (χ0v) is 7.87. The van der Waals surface area contributed by atoms with Crippen LogP contribution >= 0.6 is 0 Å². The molecule has 0 saturated heterocycles. The second kappa shape index (κ2) is 5.00. The lowest BCUT2D eigenvalue weighted by Crippen LogP contribution is -2.11. The number of hydrogen-bond acceptors (Lipinski definition) is 3. The number of pyridine rings is 1. The van der Waals surface area contributed by atoms with Crippen molar-refractivity contribution in [2.75, 3.05) is 13.6 Å². The normalized spacial score (nSPS) is 8.93. The molecule has 0 aliphatic rings. The topological polar surface area (TPSA) is 68.0 Å². The van der Waals surface area contributed by atoms with Crippen LogP contribution in [0, 0.1) is 11.8 Å². The Balaban J connectivity index is 2.85. The van der Waals surface area contributed by atoms with Gasteiger partial charge >= 0.3 is 0 Å². The number of carbonyl (C=O) groups is 1. The molecule has 0 aromatic carbocycles. The molecule has 0 aliphatic carbocycles. The molecule has 0 saturated carbocycles. The molecule has 72 valence electrons. The molecule has 4 nitrogen and oxygen atoms in total. The van der Waals surface area contributed by atoms with Crippen LogP contribution in [0.2, 0.25) is 0 Å². The summed E-state index contributed by atoms with van der Waals surface area (Å²) >= 11 is 0. The molecule has 1 rings (SSSR count). The Morgan fingerprint density at radius 2 is 2.43 bits per heavy atom. The predicted octanol–water partition coefficient (Wildman–Crippen LogP) is -0.249. The molecule has 14 heavy (non-hydrogen) atoms. The minimum Gasteiger partial charge on any atom is -0.366 e. The average Bonchev–Trinajstić information content (AvgIpc) is 2.19. The van der Waals surface area contributed by atoms with Gasteiger partial charge in [0.15, 0.2) is 0 Å². The quantitative estimate of drug-likeness (QED) is 0.630. The van der Waals surface area contributed by atoms with Crippen molar-refractivity contribution in [2.45, 2.75) is 0 Å². The first-order valence-electron chi connectivity index (χ1n) is 4.12. The number of nitrogens with two attached hydrogens (primary N) is 1. The molecule has 0 spiro atoms. The summed E-state index contributed by atoms with van der Waals surface area (Å²) in [5.74, 6) is 5.23. The summed E-state index contributed by atoms with van der Waals surface area (Å²) < 4.78 is 0. The van der Waals surface area contributed by atoms with Gasteiger partial charge in [0.1, 0.15) is 0 Å². The van der Waals surface area contributed by atoms with Gasteiger partial charge in [-0.3, -0.25) is 9.78 Å². The maximum Gasteiger partial charge on any atom is 0.250 e. The Labute approximate surface area is 82.5 Å². The highest BCUT2D eigenvalue weighted by Gasteiger charge is 1.99. The lowest BCUT2D eigenvalue weighted by molar-refractivity contribution is 0.1000. The molecule has 1 aromatic rings. The van der Waals surface area contributed by atoms with E-state index in [9.17, 15) is 4.79 Å². The Kier molecular flexibility index (Phi) is 3.65. The third-order valence-electron chi connectivity index (χ3n) is 1.52. The van der Waals surface area contributed by atoms with Crippen LogP contribution in [-0.4, -0.2) is 24.5 Å². The Morgan fingerprint density at radius 1 is 1.64 bits per heavy atom. The zero-order chi connectivity index (χ0) is 10.4. The van der Waals surface area contributed by atoms with Gasteiger partial charge in [-0.15, -0.1) is 0 Å². The lowest BCUT2D eigenvalue weighted by Gasteiger charge is -1.94. The van der Waals surface area contributed by atoms with Crippen molar-refractivity contribution in [3.05, 3.63) is 29.6 Å². The van der Waals surface area contributed by atoms with Crippen molar-refractivity contribution in [3.63, 3.8) is 0 Å². The van der Waals surface area contributed by atoms with Gasteiger partial charge in [0.25, 0.3) is 0 Å². The fourth-order valence-corrected chi connectivity index (χ4v) is 0.878.